The fourth-order valence-electron chi connectivity index (χ4n) is 4.71. The van der Waals surface area contributed by atoms with E-state index in [0.717, 1.165) is 22.0 Å². The van der Waals surface area contributed by atoms with Crippen molar-refractivity contribution in [2.75, 3.05) is 4.90 Å². The molecule has 190 valence electrons. The minimum absolute atomic E-state index is 0.109. The van der Waals surface area contributed by atoms with Crippen molar-refractivity contribution in [1.29, 1.82) is 0 Å². The lowest BCUT2D eigenvalue weighted by atomic mass is 9.99. The smallest absolute Gasteiger partial charge is 0.321 e. The molecule has 10 heteroatoms. The quantitative estimate of drug-likeness (QED) is 0.435. The average molecular weight is 506 g/mol. The first-order chi connectivity index (χ1) is 17.6. The van der Waals surface area contributed by atoms with E-state index in [0.29, 0.717) is 19.2 Å². The number of hydrogen-bond donors (Lipinski definition) is 1. The molecule has 2 aromatic heterocycles. The maximum absolute atomic E-state index is 13.7. The van der Waals surface area contributed by atoms with Gasteiger partial charge >= 0.3 is 5.92 Å². The molecule has 37 heavy (non-hydrogen) atoms. The molecule has 1 saturated heterocycles. The van der Waals surface area contributed by atoms with Crippen LogP contribution in [0.5, 0.6) is 0 Å². The average Bonchev–Trinajstić information content (AvgIpc) is 3.41. The summed E-state index contributed by atoms with van der Waals surface area (Å²) in [6.07, 6.45) is 3.27. The molecule has 0 radical (unpaired) electrons. The number of alkyl halides is 2. The number of benzene rings is 2. The van der Waals surface area contributed by atoms with Gasteiger partial charge in [0, 0.05) is 43.7 Å². The molecule has 0 spiro atoms. The minimum Gasteiger partial charge on any atom is -0.345 e. The number of carbonyl (C=O) groups is 2. The van der Waals surface area contributed by atoms with Gasteiger partial charge in [-0.1, -0.05) is 30.3 Å². The van der Waals surface area contributed by atoms with Crippen molar-refractivity contribution in [3.63, 3.8) is 0 Å². The Bertz CT molecular complexity index is 1540. The van der Waals surface area contributed by atoms with Crippen molar-refractivity contribution in [1.82, 2.24) is 19.7 Å². The molecule has 1 aliphatic heterocycles. The Kier molecular flexibility index (Phi) is 6.10. The second-order valence-electron chi connectivity index (χ2n) is 9.32. The molecule has 2 atom stereocenters. The van der Waals surface area contributed by atoms with Crippen LogP contribution in [0.1, 0.15) is 30.5 Å². The van der Waals surface area contributed by atoms with Gasteiger partial charge < -0.3 is 14.8 Å². The monoisotopic (exact) mass is 505 g/mol. The van der Waals surface area contributed by atoms with Gasteiger partial charge in [0.05, 0.1) is 30.3 Å². The summed E-state index contributed by atoms with van der Waals surface area (Å²) in [5, 5.41) is 7.60. The standard InChI is InChI=1S/C27H25F2N5O3/c1-27(28,29)26(37)31-21-14-24(36)34(25(21)18-6-4-3-5-7-18)20-8-9-22-19(13-20)15-30-33(22)16-17-10-11-32(2)23(35)12-17/h3-13,15,21,25H,14,16H2,1-2H3,(H,31,37)/t21-,25+/m1/s1. The number of amides is 2. The Hall–Kier alpha value is -4.34. The number of halogens is 2. The van der Waals surface area contributed by atoms with Gasteiger partial charge in [0.1, 0.15) is 0 Å². The summed E-state index contributed by atoms with van der Waals surface area (Å²) in [4.78, 5) is 38.8. The van der Waals surface area contributed by atoms with Crippen LogP contribution in [0.2, 0.25) is 0 Å². The Morgan fingerprint density at radius 1 is 1.11 bits per heavy atom. The van der Waals surface area contributed by atoms with Crippen LogP contribution in [-0.4, -0.2) is 38.1 Å². The van der Waals surface area contributed by atoms with E-state index in [1.807, 2.05) is 24.3 Å². The number of aromatic nitrogens is 3. The van der Waals surface area contributed by atoms with Gasteiger partial charge in [-0.05, 0) is 35.4 Å². The maximum atomic E-state index is 13.7. The molecule has 4 aromatic rings. The van der Waals surface area contributed by atoms with Crippen molar-refractivity contribution in [3.05, 3.63) is 94.5 Å². The molecule has 8 nitrogen and oxygen atoms in total. The molecular formula is C27H25F2N5O3. The summed E-state index contributed by atoms with van der Waals surface area (Å²) in [7, 11) is 1.68. The molecule has 1 N–H and O–H groups in total. The van der Waals surface area contributed by atoms with E-state index in [1.165, 1.54) is 4.57 Å². The second kappa shape index (κ2) is 9.27. The number of hydrogen-bond acceptors (Lipinski definition) is 4. The van der Waals surface area contributed by atoms with E-state index in [1.54, 1.807) is 65.4 Å². The number of anilines is 1. The highest BCUT2D eigenvalue weighted by molar-refractivity contribution is 6.00. The van der Waals surface area contributed by atoms with Crippen LogP contribution in [0.3, 0.4) is 0 Å². The van der Waals surface area contributed by atoms with Gasteiger partial charge in [0.25, 0.3) is 11.5 Å². The van der Waals surface area contributed by atoms with E-state index in [-0.39, 0.29) is 17.9 Å². The van der Waals surface area contributed by atoms with Crippen LogP contribution in [-0.2, 0) is 23.2 Å². The summed E-state index contributed by atoms with van der Waals surface area (Å²) in [5.74, 6) is -5.26. The van der Waals surface area contributed by atoms with Crippen molar-refractivity contribution in [2.45, 2.75) is 37.9 Å². The minimum atomic E-state index is -3.56. The van der Waals surface area contributed by atoms with E-state index in [9.17, 15) is 23.2 Å². The summed E-state index contributed by atoms with van der Waals surface area (Å²) >= 11 is 0. The third-order valence-electron chi connectivity index (χ3n) is 6.58. The number of nitrogens with zero attached hydrogens (tertiary/aromatic N) is 4. The number of nitrogens with one attached hydrogen (secondary N) is 1. The first-order valence-corrected chi connectivity index (χ1v) is 11.8. The molecule has 2 aromatic carbocycles. The van der Waals surface area contributed by atoms with Crippen molar-refractivity contribution in [3.8, 4) is 0 Å². The van der Waals surface area contributed by atoms with Crippen LogP contribution in [0, 0.1) is 0 Å². The lowest BCUT2D eigenvalue weighted by molar-refractivity contribution is -0.143. The molecular weight excluding hydrogens is 480 g/mol. The molecule has 1 aliphatic rings. The lowest BCUT2D eigenvalue weighted by Crippen LogP contribution is -2.46. The van der Waals surface area contributed by atoms with Crippen LogP contribution in [0.4, 0.5) is 14.5 Å². The normalized spacial score (nSPS) is 17.9. The Labute approximate surface area is 211 Å². The second-order valence-corrected chi connectivity index (χ2v) is 9.32. The highest BCUT2D eigenvalue weighted by Crippen LogP contribution is 2.38. The van der Waals surface area contributed by atoms with Crippen LogP contribution < -0.4 is 15.8 Å². The van der Waals surface area contributed by atoms with Gasteiger partial charge in [0.2, 0.25) is 5.91 Å². The lowest BCUT2D eigenvalue weighted by Gasteiger charge is -2.29. The zero-order chi connectivity index (χ0) is 26.3. The number of aryl methyl sites for hydroxylation is 1. The van der Waals surface area contributed by atoms with Crippen LogP contribution in [0.25, 0.3) is 10.9 Å². The molecule has 1 fully saturated rings. The first kappa shape index (κ1) is 24.4. The molecule has 0 unspecified atom stereocenters. The van der Waals surface area contributed by atoms with Crippen LogP contribution in [0.15, 0.2) is 77.9 Å². The molecule has 0 aliphatic carbocycles. The van der Waals surface area contributed by atoms with Crippen molar-refractivity contribution >= 4 is 28.4 Å². The van der Waals surface area contributed by atoms with E-state index in [4.69, 9.17) is 0 Å². The van der Waals surface area contributed by atoms with Crippen molar-refractivity contribution < 1.29 is 18.4 Å². The fraction of sp³-hybridized carbons (Fsp3) is 0.259. The van der Waals surface area contributed by atoms with Gasteiger partial charge in [-0.3, -0.25) is 19.1 Å². The van der Waals surface area contributed by atoms with E-state index in [2.05, 4.69) is 10.4 Å². The predicted molar refractivity (Wildman–Crippen MR) is 134 cm³/mol. The number of pyridine rings is 1. The molecule has 2 amide bonds. The number of fused-ring (bicyclic) bond motifs is 1. The van der Waals surface area contributed by atoms with Crippen LogP contribution >= 0.6 is 0 Å². The van der Waals surface area contributed by atoms with E-state index >= 15 is 0 Å². The zero-order valence-corrected chi connectivity index (χ0v) is 20.3. The van der Waals surface area contributed by atoms with Gasteiger partial charge in [0.15, 0.2) is 0 Å². The van der Waals surface area contributed by atoms with Gasteiger partial charge in [-0.2, -0.15) is 13.9 Å². The highest BCUT2D eigenvalue weighted by Gasteiger charge is 2.45. The third kappa shape index (κ3) is 4.74. The highest BCUT2D eigenvalue weighted by atomic mass is 19.3. The molecule has 5 rings (SSSR count). The number of carbonyl (C=O) groups excluding carboxylic acids is 2. The summed E-state index contributed by atoms with van der Waals surface area (Å²) in [6.45, 7) is 0.931. The number of rotatable bonds is 6. The zero-order valence-electron chi connectivity index (χ0n) is 20.3. The Balaban J connectivity index is 1.49. The first-order valence-electron chi connectivity index (χ1n) is 11.8. The van der Waals surface area contributed by atoms with Gasteiger partial charge in [-0.25, -0.2) is 0 Å². The summed E-state index contributed by atoms with van der Waals surface area (Å²) in [5.41, 5.74) is 2.79. The van der Waals surface area contributed by atoms with E-state index < -0.39 is 23.9 Å². The van der Waals surface area contributed by atoms with Crippen molar-refractivity contribution in [2.24, 2.45) is 7.05 Å². The summed E-state index contributed by atoms with van der Waals surface area (Å²) < 4.78 is 30.6. The summed E-state index contributed by atoms with van der Waals surface area (Å²) in [6, 6.07) is 16.4. The van der Waals surface area contributed by atoms with Gasteiger partial charge in [-0.15, -0.1) is 0 Å². The molecule has 0 bridgehead atoms. The molecule has 3 heterocycles. The fourth-order valence-corrected chi connectivity index (χ4v) is 4.71. The SMILES string of the molecule is Cn1ccc(Cn2ncc3cc(N4C(=O)C[C@@H](NC(=O)C(C)(F)F)[C@@H]4c4ccccc4)ccc32)cc1=O. The predicted octanol–water partition coefficient (Wildman–Crippen LogP) is 3.40. The Morgan fingerprint density at radius 3 is 2.57 bits per heavy atom. The largest absolute Gasteiger partial charge is 0.345 e. The Morgan fingerprint density at radius 2 is 1.86 bits per heavy atom. The maximum Gasteiger partial charge on any atom is 0.321 e. The molecule has 0 saturated carbocycles. The topological polar surface area (TPSA) is 89.2 Å². The third-order valence-corrected chi connectivity index (χ3v) is 6.58.